The van der Waals surface area contributed by atoms with Crippen molar-refractivity contribution in [3.63, 3.8) is 0 Å². The lowest BCUT2D eigenvalue weighted by molar-refractivity contribution is 0.281. The molecule has 0 aliphatic carbocycles. The summed E-state index contributed by atoms with van der Waals surface area (Å²) in [5.74, 6) is 1.18. The molecule has 0 saturated carbocycles. The van der Waals surface area contributed by atoms with Crippen molar-refractivity contribution in [3.8, 4) is 0 Å². The van der Waals surface area contributed by atoms with Crippen molar-refractivity contribution in [3.05, 3.63) is 28.2 Å². The van der Waals surface area contributed by atoms with Gasteiger partial charge in [-0.15, -0.1) is 11.8 Å². The number of unbranched alkanes of at least 4 members (excludes halogenated alkanes) is 2. The number of hydrogen-bond acceptors (Lipinski definition) is 2. The van der Waals surface area contributed by atoms with Crippen molar-refractivity contribution < 1.29 is 5.11 Å². The van der Waals surface area contributed by atoms with E-state index in [0.717, 1.165) is 10.0 Å². The summed E-state index contributed by atoms with van der Waals surface area (Å²) >= 11 is 5.34. The fraction of sp³-hybridized carbons (Fsp3) is 0.500. The Morgan fingerprint density at radius 1 is 1.33 bits per heavy atom. The van der Waals surface area contributed by atoms with Gasteiger partial charge >= 0.3 is 0 Å². The molecule has 1 aromatic carbocycles. The summed E-state index contributed by atoms with van der Waals surface area (Å²) in [6.07, 6.45) is 3.86. The fourth-order valence-electron chi connectivity index (χ4n) is 1.29. The van der Waals surface area contributed by atoms with E-state index in [1.165, 1.54) is 29.9 Å². The van der Waals surface area contributed by atoms with E-state index in [1.54, 1.807) is 0 Å². The molecule has 1 rings (SSSR count). The van der Waals surface area contributed by atoms with Crippen LogP contribution >= 0.6 is 27.7 Å². The molecule has 1 N–H and O–H groups in total. The molecule has 0 amide bonds. The quantitative estimate of drug-likeness (QED) is 0.625. The second kappa shape index (κ2) is 7.31. The van der Waals surface area contributed by atoms with Gasteiger partial charge in [0.05, 0.1) is 6.61 Å². The van der Waals surface area contributed by atoms with E-state index >= 15 is 0 Å². The van der Waals surface area contributed by atoms with Gasteiger partial charge < -0.3 is 5.11 Å². The fourth-order valence-corrected chi connectivity index (χ4v) is 2.89. The SMILES string of the molecule is CCCCCSc1ccc(CO)c(Br)c1. The van der Waals surface area contributed by atoms with Gasteiger partial charge in [0, 0.05) is 9.37 Å². The zero-order valence-corrected chi connectivity index (χ0v) is 11.4. The first-order chi connectivity index (χ1) is 7.27. The third kappa shape index (κ3) is 4.58. The molecular weight excluding hydrogens is 272 g/mol. The second-order valence-corrected chi connectivity index (χ2v) is 5.49. The van der Waals surface area contributed by atoms with Crippen LogP contribution in [0, 0.1) is 0 Å². The molecule has 0 aromatic heterocycles. The first-order valence-electron chi connectivity index (χ1n) is 5.30. The lowest BCUT2D eigenvalue weighted by atomic mass is 10.2. The molecule has 1 aromatic rings. The third-order valence-electron chi connectivity index (χ3n) is 2.21. The van der Waals surface area contributed by atoms with Gasteiger partial charge in [-0.05, 0) is 29.9 Å². The summed E-state index contributed by atoms with van der Waals surface area (Å²) in [5, 5.41) is 9.02. The predicted molar refractivity (Wildman–Crippen MR) is 70.3 cm³/mol. The summed E-state index contributed by atoms with van der Waals surface area (Å²) in [6, 6.07) is 6.14. The van der Waals surface area contributed by atoms with Crippen molar-refractivity contribution in [1.29, 1.82) is 0 Å². The van der Waals surface area contributed by atoms with E-state index in [-0.39, 0.29) is 6.61 Å². The maximum absolute atomic E-state index is 9.02. The zero-order valence-electron chi connectivity index (χ0n) is 9.00. The summed E-state index contributed by atoms with van der Waals surface area (Å²) in [6.45, 7) is 2.32. The van der Waals surface area contributed by atoms with Crippen molar-refractivity contribution in [1.82, 2.24) is 0 Å². The van der Waals surface area contributed by atoms with Crippen LogP contribution in [0.2, 0.25) is 0 Å². The second-order valence-electron chi connectivity index (χ2n) is 3.47. The summed E-state index contributed by atoms with van der Waals surface area (Å²) in [7, 11) is 0. The van der Waals surface area contributed by atoms with Crippen LogP contribution in [0.4, 0.5) is 0 Å². The maximum Gasteiger partial charge on any atom is 0.0692 e. The van der Waals surface area contributed by atoms with Gasteiger partial charge in [0.25, 0.3) is 0 Å². The monoisotopic (exact) mass is 288 g/mol. The maximum atomic E-state index is 9.02. The normalized spacial score (nSPS) is 10.6. The molecule has 15 heavy (non-hydrogen) atoms. The predicted octanol–water partition coefficient (Wildman–Crippen LogP) is 4.22. The number of hydrogen-bond donors (Lipinski definition) is 1. The van der Waals surface area contributed by atoms with Crippen LogP contribution in [0.1, 0.15) is 31.7 Å². The first kappa shape index (κ1) is 13.1. The number of benzene rings is 1. The highest BCUT2D eigenvalue weighted by Crippen LogP contribution is 2.26. The van der Waals surface area contributed by atoms with Crippen molar-refractivity contribution >= 4 is 27.7 Å². The Morgan fingerprint density at radius 3 is 2.73 bits per heavy atom. The molecule has 0 radical (unpaired) electrons. The van der Waals surface area contributed by atoms with Gasteiger partial charge in [0.15, 0.2) is 0 Å². The van der Waals surface area contributed by atoms with Crippen molar-refractivity contribution in [2.24, 2.45) is 0 Å². The smallest absolute Gasteiger partial charge is 0.0692 e. The van der Waals surface area contributed by atoms with Crippen LogP contribution in [0.25, 0.3) is 0 Å². The average molecular weight is 289 g/mol. The summed E-state index contributed by atoms with van der Waals surface area (Å²) in [4.78, 5) is 1.27. The summed E-state index contributed by atoms with van der Waals surface area (Å²) < 4.78 is 1.01. The standard InChI is InChI=1S/C12H17BrOS/c1-2-3-4-7-15-11-6-5-10(9-14)12(13)8-11/h5-6,8,14H,2-4,7,9H2,1H3. The first-order valence-corrected chi connectivity index (χ1v) is 7.08. The van der Waals surface area contributed by atoms with Gasteiger partial charge in [-0.1, -0.05) is 41.8 Å². The molecule has 0 unspecified atom stereocenters. The lowest BCUT2D eigenvalue weighted by Gasteiger charge is -2.04. The number of rotatable bonds is 6. The molecular formula is C12H17BrOS. The molecule has 0 atom stereocenters. The molecule has 0 saturated heterocycles. The number of halogens is 1. The Hall–Kier alpha value is 0.01000. The van der Waals surface area contributed by atoms with E-state index in [9.17, 15) is 0 Å². The molecule has 0 fully saturated rings. The minimum atomic E-state index is 0.0986. The van der Waals surface area contributed by atoms with Crippen LogP contribution in [0.15, 0.2) is 27.6 Å². The largest absolute Gasteiger partial charge is 0.392 e. The average Bonchev–Trinajstić information content (AvgIpc) is 2.25. The zero-order chi connectivity index (χ0) is 11.1. The highest BCUT2D eigenvalue weighted by atomic mass is 79.9. The molecule has 0 heterocycles. The van der Waals surface area contributed by atoms with Gasteiger partial charge in [-0.2, -0.15) is 0 Å². The third-order valence-corrected chi connectivity index (χ3v) is 4.03. The van der Waals surface area contributed by atoms with Gasteiger partial charge in [0.2, 0.25) is 0 Å². The Balaban J connectivity index is 2.45. The minimum Gasteiger partial charge on any atom is -0.392 e. The Kier molecular flexibility index (Phi) is 6.37. The molecule has 0 aliphatic heterocycles. The topological polar surface area (TPSA) is 20.2 Å². The molecule has 84 valence electrons. The molecule has 1 nitrogen and oxygen atoms in total. The molecule has 0 aliphatic rings. The van der Waals surface area contributed by atoms with E-state index in [4.69, 9.17) is 5.11 Å². The molecule has 3 heteroatoms. The van der Waals surface area contributed by atoms with Gasteiger partial charge in [-0.25, -0.2) is 0 Å². The van der Waals surface area contributed by atoms with E-state index in [1.807, 2.05) is 17.8 Å². The Morgan fingerprint density at radius 2 is 2.13 bits per heavy atom. The van der Waals surface area contributed by atoms with Gasteiger partial charge in [0.1, 0.15) is 0 Å². The van der Waals surface area contributed by atoms with Crippen LogP contribution in [0.5, 0.6) is 0 Å². The van der Waals surface area contributed by atoms with E-state index in [2.05, 4.69) is 35.0 Å². The van der Waals surface area contributed by atoms with Crippen LogP contribution in [0.3, 0.4) is 0 Å². The highest BCUT2D eigenvalue weighted by Gasteiger charge is 2.00. The Labute approximate surface area is 104 Å². The van der Waals surface area contributed by atoms with Crippen LogP contribution in [-0.4, -0.2) is 10.9 Å². The Bertz CT molecular complexity index is 302. The minimum absolute atomic E-state index is 0.0986. The molecule has 0 bridgehead atoms. The lowest BCUT2D eigenvalue weighted by Crippen LogP contribution is -1.86. The van der Waals surface area contributed by atoms with Crippen LogP contribution in [-0.2, 0) is 6.61 Å². The van der Waals surface area contributed by atoms with E-state index < -0.39 is 0 Å². The molecule has 0 spiro atoms. The van der Waals surface area contributed by atoms with Gasteiger partial charge in [-0.3, -0.25) is 0 Å². The van der Waals surface area contributed by atoms with Crippen molar-refractivity contribution in [2.75, 3.05) is 5.75 Å². The summed E-state index contributed by atoms with van der Waals surface area (Å²) in [5.41, 5.74) is 0.952. The number of thioether (sulfide) groups is 1. The van der Waals surface area contributed by atoms with E-state index in [0.29, 0.717) is 0 Å². The van der Waals surface area contributed by atoms with Crippen LogP contribution < -0.4 is 0 Å². The highest BCUT2D eigenvalue weighted by molar-refractivity contribution is 9.10. The van der Waals surface area contributed by atoms with Crippen molar-refractivity contribution in [2.45, 2.75) is 37.7 Å². The number of aliphatic hydroxyl groups excluding tert-OH is 1. The number of aliphatic hydroxyl groups is 1.